The van der Waals surface area contributed by atoms with Gasteiger partial charge in [0.25, 0.3) is 15.9 Å². The van der Waals surface area contributed by atoms with Gasteiger partial charge in [-0.3, -0.25) is 9.59 Å². The molecular weight excluding hydrogens is 334 g/mol. The molecule has 3 aliphatic heterocycles. The maximum Gasteiger partial charge on any atom is 0.308 e. The molecule has 3 aliphatic rings. The molecule has 1 amide bonds. The van der Waals surface area contributed by atoms with Crippen LogP contribution in [0.5, 0.6) is 0 Å². The van der Waals surface area contributed by atoms with Gasteiger partial charge in [-0.05, 0) is 24.5 Å². The minimum absolute atomic E-state index is 0.0664. The highest BCUT2D eigenvalue weighted by molar-refractivity contribution is 7.90. The monoisotopic (exact) mass is 353 g/mol. The molecule has 24 heavy (non-hydrogen) atoms. The molecule has 1 saturated heterocycles. The van der Waals surface area contributed by atoms with Crippen LogP contribution >= 0.6 is 0 Å². The number of hydrogen-bond acceptors (Lipinski definition) is 5. The zero-order valence-electron chi connectivity index (χ0n) is 13.3. The maximum absolute atomic E-state index is 12.9. The number of carbonyl (C=O) groups is 2. The lowest BCUT2D eigenvalue weighted by atomic mass is 9.90. The van der Waals surface area contributed by atoms with E-state index in [1.807, 2.05) is 6.92 Å². The average Bonchev–Trinajstić information content (AvgIpc) is 2.52. The van der Waals surface area contributed by atoms with Gasteiger partial charge in [0.1, 0.15) is 0 Å². The number of rotatable bonds is 2. The molecule has 1 fully saturated rings. The number of carboxylic acid groups (broad SMARTS) is 1. The number of amides is 1. The van der Waals surface area contributed by atoms with Crippen molar-refractivity contribution in [3.63, 3.8) is 0 Å². The lowest BCUT2D eigenvalue weighted by Gasteiger charge is -2.36. The van der Waals surface area contributed by atoms with Crippen LogP contribution in [-0.2, 0) is 19.6 Å². The first-order valence-electron chi connectivity index (χ1n) is 7.77. The van der Waals surface area contributed by atoms with E-state index in [4.69, 9.17) is 0 Å². The van der Waals surface area contributed by atoms with Gasteiger partial charge in [0, 0.05) is 25.8 Å². The summed E-state index contributed by atoms with van der Waals surface area (Å²) >= 11 is 0. The molecule has 0 aliphatic carbocycles. The van der Waals surface area contributed by atoms with Crippen molar-refractivity contribution in [3.05, 3.63) is 23.9 Å². The molecule has 1 N–H and O–H groups in total. The second-order valence-electron chi connectivity index (χ2n) is 6.40. The smallest absolute Gasteiger partial charge is 0.308 e. The van der Waals surface area contributed by atoms with Crippen molar-refractivity contribution in [2.24, 2.45) is 16.2 Å². The molecule has 2 atom stereocenters. The SMILES string of the molecule is CC1CC(C(=O)O)CN(C(=O)C2=CC=CN3CCS(=O)(=O)N=C23)C1. The molecule has 8 nitrogen and oxygen atoms in total. The highest BCUT2D eigenvalue weighted by Crippen LogP contribution is 2.25. The molecule has 2 unspecified atom stereocenters. The number of nitrogens with zero attached hydrogens (tertiary/aromatic N) is 3. The van der Waals surface area contributed by atoms with Gasteiger partial charge in [0.05, 0.1) is 17.2 Å². The standard InChI is InChI=1S/C15H19N3O5S/c1-10-7-11(15(20)21)9-18(8-10)14(19)12-3-2-4-17-5-6-24(22,23)16-13(12)17/h2-4,10-11H,5-9H2,1H3,(H,20,21). The van der Waals surface area contributed by atoms with Crippen molar-refractivity contribution in [2.75, 3.05) is 25.4 Å². The molecule has 9 heteroatoms. The minimum atomic E-state index is -3.58. The summed E-state index contributed by atoms with van der Waals surface area (Å²) in [7, 11) is -3.58. The predicted octanol–water partition coefficient (Wildman–Crippen LogP) is 0.0532. The molecule has 0 radical (unpaired) electrons. The number of piperidine rings is 1. The quantitative estimate of drug-likeness (QED) is 0.752. The van der Waals surface area contributed by atoms with Crippen molar-refractivity contribution in [1.29, 1.82) is 0 Å². The van der Waals surface area contributed by atoms with Crippen molar-refractivity contribution in [2.45, 2.75) is 13.3 Å². The fourth-order valence-corrected chi connectivity index (χ4v) is 4.24. The molecule has 0 aromatic heterocycles. The van der Waals surface area contributed by atoms with Crippen LogP contribution in [0.2, 0.25) is 0 Å². The van der Waals surface area contributed by atoms with E-state index in [1.165, 1.54) is 11.0 Å². The number of carboxylic acids is 1. The second kappa shape index (κ2) is 6.04. The Labute approximate surface area is 140 Å². The summed E-state index contributed by atoms with van der Waals surface area (Å²) in [4.78, 5) is 27.3. The third-order valence-electron chi connectivity index (χ3n) is 4.38. The maximum atomic E-state index is 12.9. The molecule has 130 valence electrons. The minimum Gasteiger partial charge on any atom is -0.481 e. The molecule has 3 rings (SSSR count). The van der Waals surface area contributed by atoms with Crippen molar-refractivity contribution in [1.82, 2.24) is 9.80 Å². The normalized spacial score (nSPS) is 28.7. The number of sulfonamides is 1. The summed E-state index contributed by atoms with van der Waals surface area (Å²) in [6, 6.07) is 0. The fraction of sp³-hybridized carbons (Fsp3) is 0.533. The van der Waals surface area contributed by atoms with E-state index in [-0.39, 0.29) is 42.1 Å². The van der Waals surface area contributed by atoms with E-state index in [2.05, 4.69) is 4.40 Å². The van der Waals surface area contributed by atoms with Crippen LogP contribution in [0.1, 0.15) is 13.3 Å². The van der Waals surface area contributed by atoms with Gasteiger partial charge in [-0.25, -0.2) is 8.42 Å². The Morgan fingerprint density at radius 1 is 1.33 bits per heavy atom. The van der Waals surface area contributed by atoms with Gasteiger partial charge in [-0.15, -0.1) is 4.40 Å². The van der Waals surface area contributed by atoms with Crippen molar-refractivity contribution >= 4 is 27.7 Å². The lowest BCUT2D eigenvalue weighted by molar-refractivity contribution is -0.146. The van der Waals surface area contributed by atoms with E-state index in [0.29, 0.717) is 13.0 Å². The van der Waals surface area contributed by atoms with Crippen LogP contribution in [0.15, 0.2) is 28.3 Å². The largest absolute Gasteiger partial charge is 0.481 e. The Hall–Kier alpha value is -2.16. The first-order valence-corrected chi connectivity index (χ1v) is 9.38. The number of carbonyl (C=O) groups excluding carboxylic acids is 1. The molecule has 0 aromatic rings. The molecule has 0 spiro atoms. The first-order chi connectivity index (χ1) is 11.3. The third kappa shape index (κ3) is 3.21. The van der Waals surface area contributed by atoms with Gasteiger partial charge >= 0.3 is 5.97 Å². The molecule has 0 saturated carbocycles. The average molecular weight is 353 g/mol. The molecule has 3 heterocycles. The zero-order chi connectivity index (χ0) is 17.5. The Morgan fingerprint density at radius 2 is 2.08 bits per heavy atom. The number of aliphatic carboxylic acids is 1. The van der Waals surface area contributed by atoms with Gasteiger partial charge in [0.15, 0.2) is 5.84 Å². The number of hydrogen-bond donors (Lipinski definition) is 1. The Bertz CT molecular complexity index is 768. The zero-order valence-corrected chi connectivity index (χ0v) is 14.1. The van der Waals surface area contributed by atoms with E-state index in [0.717, 1.165) is 0 Å². The highest BCUT2D eigenvalue weighted by Gasteiger charge is 2.36. The first kappa shape index (κ1) is 16.7. The third-order valence-corrected chi connectivity index (χ3v) is 5.53. The summed E-state index contributed by atoms with van der Waals surface area (Å²) in [5, 5.41) is 9.25. The summed E-state index contributed by atoms with van der Waals surface area (Å²) in [6.45, 7) is 2.72. The highest BCUT2D eigenvalue weighted by atomic mass is 32.2. The summed E-state index contributed by atoms with van der Waals surface area (Å²) in [5.41, 5.74) is 0.194. The Morgan fingerprint density at radius 3 is 2.79 bits per heavy atom. The van der Waals surface area contributed by atoms with Crippen LogP contribution in [-0.4, -0.2) is 66.4 Å². The van der Waals surface area contributed by atoms with Crippen molar-refractivity contribution in [3.8, 4) is 0 Å². The number of allylic oxidation sites excluding steroid dienone is 2. The molecule has 0 aromatic carbocycles. The number of amidine groups is 1. The fourth-order valence-electron chi connectivity index (χ4n) is 3.25. The number of fused-ring (bicyclic) bond motifs is 1. The van der Waals surface area contributed by atoms with E-state index in [9.17, 15) is 23.1 Å². The van der Waals surface area contributed by atoms with Gasteiger partial charge < -0.3 is 14.9 Å². The van der Waals surface area contributed by atoms with Crippen LogP contribution < -0.4 is 0 Å². The van der Waals surface area contributed by atoms with Gasteiger partial charge in [0.2, 0.25) is 0 Å². The van der Waals surface area contributed by atoms with Gasteiger partial charge in [-0.2, -0.15) is 0 Å². The summed E-state index contributed by atoms with van der Waals surface area (Å²) < 4.78 is 27.3. The molecular formula is C15H19N3O5S. The van der Waals surface area contributed by atoms with E-state index < -0.39 is 21.9 Å². The lowest BCUT2D eigenvalue weighted by Crippen LogP contribution is -2.49. The van der Waals surface area contributed by atoms with Crippen LogP contribution in [0, 0.1) is 11.8 Å². The van der Waals surface area contributed by atoms with Gasteiger partial charge in [-0.1, -0.05) is 6.92 Å². The predicted molar refractivity (Wildman–Crippen MR) is 86.6 cm³/mol. The molecule has 0 bridgehead atoms. The van der Waals surface area contributed by atoms with Crippen LogP contribution in [0.25, 0.3) is 0 Å². The van der Waals surface area contributed by atoms with E-state index in [1.54, 1.807) is 17.2 Å². The topological polar surface area (TPSA) is 107 Å². The van der Waals surface area contributed by atoms with E-state index >= 15 is 0 Å². The second-order valence-corrected chi connectivity index (χ2v) is 8.16. The summed E-state index contributed by atoms with van der Waals surface area (Å²) in [5.74, 6) is -1.81. The summed E-state index contributed by atoms with van der Waals surface area (Å²) in [6.07, 6.45) is 5.42. The Kier molecular flexibility index (Phi) is 4.20. The van der Waals surface area contributed by atoms with Crippen LogP contribution in [0.3, 0.4) is 0 Å². The van der Waals surface area contributed by atoms with Crippen LogP contribution in [0.4, 0.5) is 0 Å². The van der Waals surface area contributed by atoms with Crippen molar-refractivity contribution < 1.29 is 23.1 Å². The number of likely N-dealkylation sites (tertiary alicyclic amines) is 1. The Balaban J connectivity index is 1.88.